The molecule has 12 heteroatoms. The van der Waals surface area contributed by atoms with Gasteiger partial charge in [0.25, 0.3) is 0 Å². The van der Waals surface area contributed by atoms with Gasteiger partial charge in [0.05, 0.1) is 33.0 Å². The Morgan fingerprint density at radius 3 is 0.589 bits per heavy atom. The van der Waals surface area contributed by atoms with Gasteiger partial charge >= 0.3 is 35.8 Å². The van der Waals surface area contributed by atoms with Crippen molar-refractivity contribution in [2.75, 3.05) is 0 Å². The van der Waals surface area contributed by atoms with E-state index in [-0.39, 0.29) is 192 Å². The molecule has 0 radical (unpaired) electrons. The Morgan fingerprint density at radius 1 is 0.252 bits per heavy atom. The lowest BCUT2D eigenvalue weighted by Crippen LogP contribution is -2.40. The molecule has 654 valence electrons. The minimum atomic E-state index is -0.354. The van der Waals surface area contributed by atoms with E-state index in [1.54, 1.807) is 0 Å². The van der Waals surface area contributed by atoms with E-state index in [4.69, 9.17) is 28.4 Å². The molecular weight excluding hydrogens is 1330 g/mol. The highest BCUT2D eigenvalue weighted by atomic mass is 16.6. The molecule has 0 spiro atoms. The third-order valence-electron chi connectivity index (χ3n) is 23.9. The van der Waals surface area contributed by atoms with Crippen LogP contribution in [-0.2, 0) is 57.2 Å². The first-order valence-corrected chi connectivity index (χ1v) is 39.6. The Labute approximate surface area is 674 Å². The highest BCUT2D eigenvalue weighted by molar-refractivity contribution is 5.78. The fourth-order valence-corrected chi connectivity index (χ4v) is 12.9. The van der Waals surface area contributed by atoms with Crippen LogP contribution in [0.25, 0.3) is 0 Å². The zero-order chi connectivity index (χ0) is 72.5. The summed E-state index contributed by atoms with van der Waals surface area (Å²) in [5.74, 6) is -0.0684. The molecule has 0 aromatic rings. The van der Waals surface area contributed by atoms with E-state index >= 15 is 0 Å². The fourth-order valence-electron chi connectivity index (χ4n) is 12.9. The van der Waals surface area contributed by atoms with E-state index in [1.807, 2.05) is 111 Å². The van der Waals surface area contributed by atoms with Gasteiger partial charge in [0, 0.05) is 0 Å². The zero-order valence-electron chi connectivity index (χ0n) is 66.7. The molecule has 6 saturated carbocycles. The lowest BCUT2D eigenvalue weighted by Gasteiger charge is -2.38. The summed E-state index contributed by atoms with van der Waals surface area (Å²) in [7, 11) is 0. The van der Waals surface area contributed by atoms with Crippen molar-refractivity contribution >= 4 is 35.8 Å². The maximum Gasteiger partial charge on any atom is 0.312 e. The first-order chi connectivity index (χ1) is 44.2. The first kappa shape index (κ1) is 130. The SMILES string of the molecule is C.C.C.C.C.C.C.C.C.C.C.C.CCC(C)(C)C(=O)OC1(C)CCCC1.CCC(C)(C)C(=O)OC1(C)CCCCC1.CCC(C)(C)C(=O)OC1(C)CCCCCCCCCCC1.CCC(C)C(=O)OC1(CC)CCCC1.CCC1(OC(=O)C(C)(C)CC)CCCC1.CCC1(OC(=O)C(C)(C)CC)CCCCC1. The van der Waals surface area contributed by atoms with Crippen molar-refractivity contribution in [2.24, 2.45) is 33.0 Å². The summed E-state index contributed by atoms with van der Waals surface area (Å²) >= 11 is 0. The van der Waals surface area contributed by atoms with Gasteiger partial charge in [-0.3, -0.25) is 28.8 Å². The Morgan fingerprint density at radius 2 is 0.402 bits per heavy atom. The number of rotatable bonds is 21. The molecule has 0 saturated heterocycles. The number of hydrogen-bond donors (Lipinski definition) is 0. The topological polar surface area (TPSA) is 158 Å². The van der Waals surface area contributed by atoms with Crippen molar-refractivity contribution in [3.05, 3.63) is 0 Å². The Bertz CT molecular complexity index is 2180. The van der Waals surface area contributed by atoms with Crippen molar-refractivity contribution in [1.82, 2.24) is 0 Å². The molecule has 0 bridgehead atoms. The summed E-state index contributed by atoms with van der Waals surface area (Å²) in [6.45, 7) is 46.5. The number of hydrogen-bond acceptors (Lipinski definition) is 12. The lowest BCUT2D eigenvalue weighted by atomic mass is 9.82. The second-order valence-electron chi connectivity index (χ2n) is 34.2. The van der Waals surface area contributed by atoms with Crippen LogP contribution in [0.2, 0.25) is 0 Å². The second-order valence-corrected chi connectivity index (χ2v) is 34.2. The van der Waals surface area contributed by atoms with Gasteiger partial charge < -0.3 is 28.4 Å². The van der Waals surface area contributed by atoms with Crippen LogP contribution in [0.15, 0.2) is 0 Å². The Kier molecular flexibility index (Phi) is 74.6. The predicted octanol–water partition coefficient (Wildman–Crippen LogP) is 31.7. The summed E-state index contributed by atoms with van der Waals surface area (Å²) < 4.78 is 34.6. The van der Waals surface area contributed by atoms with Gasteiger partial charge in [0.2, 0.25) is 0 Å². The van der Waals surface area contributed by atoms with Crippen LogP contribution >= 0.6 is 0 Å². The molecule has 0 amide bonds. The molecule has 6 aliphatic rings. The molecule has 1 unspecified atom stereocenters. The molecule has 0 heterocycles. The van der Waals surface area contributed by atoms with Crippen LogP contribution in [0, 0.1) is 33.0 Å². The maximum absolute atomic E-state index is 12.4. The molecule has 6 fully saturated rings. The van der Waals surface area contributed by atoms with Crippen molar-refractivity contribution in [3.63, 3.8) is 0 Å². The van der Waals surface area contributed by atoms with Crippen molar-refractivity contribution in [1.29, 1.82) is 0 Å². The zero-order valence-corrected chi connectivity index (χ0v) is 66.7. The van der Waals surface area contributed by atoms with Gasteiger partial charge in [-0.15, -0.1) is 0 Å². The van der Waals surface area contributed by atoms with Crippen LogP contribution < -0.4 is 0 Å². The van der Waals surface area contributed by atoms with Crippen LogP contribution in [0.5, 0.6) is 0 Å². The first-order valence-electron chi connectivity index (χ1n) is 39.6. The van der Waals surface area contributed by atoms with Crippen molar-refractivity contribution in [2.45, 2.75) is 552 Å². The predicted molar refractivity (Wildman–Crippen MR) is 474 cm³/mol. The van der Waals surface area contributed by atoms with E-state index in [1.165, 1.54) is 135 Å². The number of ether oxygens (including phenoxy) is 6. The molecule has 6 rings (SSSR count). The molecule has 0 aromatic carbocycles. The number of carbonyl (C=O) groups excluding carboxylic acids is 6. The highest BCUT2D eigenvalue weighted by Gasteiger charge is 2.43. The molecular formula is C95H202O12. The number of carbonyl (C=O) groups is 6. The molecule has 0 N–H and O–H groups in total. The fraction of sp³-hybridized carbons (Fsp3) is 0.937. The van der Waals surface area contributed by atoms with E-state index in [2.05, 4.69) is 48.5 Å². The maximum atomic E-state index is 12.4. The Balaban J connectivity index is -0.0000000995. The van der Waals surface area contributed by atoms with Gasteiger partial charge in [0.1, 0.15) is 33.6 Å². The van der Waals surface area contributed by atoms with Gasteiger partial charge in [-0.1, -0.05) is 216 Å². The monoisotopic (exact) mass is 1540 g/mol. The average molecular weight is 1540 g/mol. The molecule has 1 atom stereocenters. The molecule has 107 heavy (non-hydrogen) atoms. The van der Waals surface area contributed by atoms with E-state index < -0.39 is 0 Å². The molecule has 0 aliphatic heterocycles. The lowest BCUT2D eigenvalue weighted by molar-refractivity contribution is -0.175. The van der Waals surface area contributed by atoms with Crippen LogP contribution in [-0.4, -0.2) is 69.4 Å². The quantitative estimate of drug-likeness (QED) is 0.0792. The summed E-state index contributed by atoms with van der Waals surface area (Å²) in [5, 5.41) is 0. The van der Waals surface area contributed by atoms with Gasteiger partial charge in [-0.05, 0) is 302 Å². The minimum Gasteiger partial charge on any atom is -0.459 e. The number of esters is 6. The van der Waals surface area contributed by atoms with Crippen molar-refractivity contribution < 1.29 is 57.2 Å². The average Bonchev–Trinajstić information content (AvgIpc) is 1.40. The minimum absolute atomic E-state index is 0. The Hall–Kier alpha value is -3.18. The van der Waals surface area contributed by atoms with Crippen LogP contribution in [0.3, 0.4) is 0 Å². The highest BCUT2D eigenvalue weighted by Crippen LogP contribution is 2.42. The summed E-state index contributed by atoms with van der Waals surface area (Å²) in [6.07, 6.45) is 46.8. The van der Waals surface area contributed by atoms with Gasteiger partial charge in [-0.2, -0.15) is 0 Å². The van der Waals surface area contributed by atoms with Gasteiger partial charge in [0.15, 0.2) is 0 Å². The third kappa shape index (κ3) is 46.6. The summed E-state index contributed by atoms with van der Waals surface area (Å²) in [5.41, 5.74) is -2.69. The van der Waals surface area contributed by atoms with Gasteiger partial charge in [-0.25, -0.2) is 0 Å². The second kappa shape index (κ2) is 61.3. The van der Waals surface area contributed by atoms with Crippen LogP contribution in [0.4, 0.5) is 0 Å². The van der Waals surface area contributed by atoms with E-state index in [9.17, 15) is 28.8 Å². The van der Waals surface area contributed by atoms with Crippen LogP contribution in [0.1, 0.15) is 518 Å². The van der Waals surface area contributed by atoms with Crippen molar-refractivity contribution in [3.8, 4) is 0 Å². The summed E-state index contributed by atoms with van der Waals surface area (Å²) in [4.78, 5) is 72.0. The summed E-state index contributed by atoms with van der Waals surface area (Å²) in [6, 6.07) is 0. The normalized spacial score (nSPS) is 18.8. The largest absolute Gasteiger partial charge is 0.459 e. The third-order valence-corrected chi connectivity index (χ3v) is 23.9. The molecule has 0 aromatic heterocycles. The van der Waals surface area contributed by atoms with E-state index in [0.29, 0.717) is 0 Å². The van der Waals surface area contributed by atoms with E-state index in [0.717, 1.165) is 135 Å². The molecule has 12 nitrogen and oxygen atoms in total. The molecule has 6 aliphatic carbocycles. The standard InChI is InChI=1S/C19H36O2.C14H26O2.2C13H24O2.2C12H22O2.12CH4/c1-5-18(2,3)17(20)21-19(4)15-13-11-9-7-6-8-10-12-14-16-19;1-5-13(3,4)12(15)16-14(6-2)10-8-7-9-11-14;1-5-12(2,3)11(14)15-13(4)9-7-6-8-10-13;1-5-12(3,4)11(14)15-13(6-2)9-7-8-10-13;1-5-11(2,3)10(13)14-12(4)8-6-7-9-12;1-4-10(3)11(13)14-12(5-2)8-6-7-9-12;;;;;;;;;;;;/h5-16H2,1-4H3;5-11H2,1-4H3;2*5-10H2,1-4H3;5-9H2,1-4H3;10H,4-9H2,1-3H3;12*1H4. The smallest absolute Gasteiger partial charge is 0.312 e.